The third-order valence-corrected chi connectivity index (χ3v) is 3.58. The van der Waals surface area contributed by atoms with Crippen molar-refractivity contribution in [3.8, 4) is 0 Å². The highest BCUT2D eigenvalue weighted by molar-refractivity contribution is 5.89. The Bertz CT molecular complexity index is 488. The molecule has 1 aromatic heterocycles. The van der Waals surface area contributed by atoms with Crippen LogP contribution in [0.1, 0.15) is 26.0 Å². The molecule has 0 bridgehead atoms. The van der Waals surface area contributed by atoms with Crippen LogP contribution in [0.15, 0.2) is 24.4 Å². The van der Waals surface area contributed by atoms with E-state index in [1.165, 1.54) is 0 Å². The van der Waals surface area contributed by atoms with E-state index in [0.29, 0.717) is 31.8 Å². The number of nitrogens with zero attached hydrogens (tertiary/aromatic N) is 2. The standard InChI is InChI=1S/C16H23N3O2/c1-12(2)10-19-11-13(9-15(19)20)16(21)18-8-6-14-5-3-4-7-17-14/h3-5,7,12-13H,6,8-11H2,1-2H3,(H,18,21)/t13-/m1/s1. The second-order valence-corrected chi connectivity index (χ2v) is 5.96. The molecule has 0 unspecified atom stereocenters. The number of carbonyl (C=O) groups excluding carboxylic acids is 2. The Morgan fingerprint density at radius 3 is 2.95 bits per heavy atom. The third-order valence-electron chi connectivity index (χ3n) is 3.58. The zero-order chi connectivity index (χ0) is 15.2. The molecule has 114 valence electrons. The second kappa shape index (κ2) is 7.20. The van der Waals surface area contributed by atoms with Gasteiger partial charge in [0.2, 0.25) is 11.8 Å². The predicted octanol–water partition coefficient (Wildman–Crippen LogP) is 1.24. The molecule has 2 amide bonds. The molecule has 1 N–H and O–H groups in total. The van der Waals surface area contributed by atoms with Crippen LogP contribution >= 0.6 is 0 Å². The number of aromatic nitrogens is 1. The fourth-order valence-electron chi connectivity index (χ4n) is 2.57. The molecule has 1 aromatic rings. The van der Waals surface area contributed by atoms with Crippen LogP contribution in [0.5, 0.6) is 0 Å². The summed E-state index contributed by atoms with van der Waals surface area (Å²) in [4.78, 5) is 30.0. The minimum absolute atomic E-state index is 0.0227. The summed E-state index contributed by atoms with van der Waals surface area (Å²) in [5.41, 5.74) is 0.960. The van der Waals surface area contributed by atoms with Gasteiger partial charge in [-0.3, -0.25) is 14.6 Å². The summed E-state index contributed by atoms with van der Waals surface area (Å²) in [6, 6.07) is 5.74. The second-order valence-electron chi connectivity index (χ2n) is 5.96. The van der Waals surface area contributed by atoms with Crippen molar-refractivity contribution in [2.75, 3.05) is 19.6 Å². The number of carbonyl (C=O) groups is 2. The number of nitrogens with one attached hydrogen (secondary N) is 1. The molecule has 1 aliphatic heterocycles. The van der Waals surface area contributed by atoms with Crippen LogP contribution in [0.2, 0.25) is 0 Å². The average molecular weight is 289 g/mol. The van der Waals surface area contributed by atoms with Crippen molar-refractivity contribution in [1.82, 2.24) is 15.2 Å². The van der Waals surface area contributed by atoms with Crippen molar-refractivity contribution in [2.24, 2.45) is 11.8 Å². The fraction of sp³-hybridized carbons (Fsp3) is 0.562. The Hall–Kier alpha value is -1.91. The van der Waals surface area contributed by atoms with E-state index in [9.17, 15) is 9.59 Å². The third kappa shape index (κ3) is 4.55. The Labute approximate surface area is 125 Å². The molecule has 5 nitrogen and oxygen atoms in total. The average Bonchev–Trinajstić information content (AvgIpc) is 2.80. The Morgan fingerprint density at radius 2 is 2.29 bits per heavy atom. The molecule has 5 heteroatoms. The van der Waals surface area contributed by atoms with E-state index >= 15 is 0 Å². The summed E-state index contributed by atoms with van der Waals surface area (Å²) < 4.78 is 0. The van der Waals surface area contributed by atoms with E-state index < -0.39 is 0 Å². The smallest absolute Gasteiger partial charge is 0.225 e. The number of rotatable bonds is 6. The first kappa shape index (κ1) is 15.5. The van der Waals surface area contributed by atoms with Gasteiger partial charge in [0.05, 0.1) is 5.92 Å². The van der Waals surface area contributed by atoms with Gasteiger partial charge in [-0.15, -0.1) is 0 Å². The van der Waals surface area contributed by atoms with Gasteiger partial charge in [-0.25, -0.2) is 0 Å². The molecule has 0 saturated carbocycles. The maximum absolute atomic E-state index is 12.1. The van der Waals surface area contributed by atoms with Gasteiger partial charge in [0.25, 0.3) is 0 Å². The molecule has 1 aliphatic rings. The normalized spacial score (nSPS) is 18.3. The van der Waals surface area contributed by atoms with Gasteiger partial charge in [0.15, 0.2) is 0 Å². The monoisotopic (exact) mass is 289 g/mol. The van der Waals surface area contributed by atoms with Gasteiger partial charge in [-0.1, -0.05) is 19.9 Å². The van der Waals surface area contributed by atoms with Gasteiger partial charge in [-0.2, -0.15) is 0 Å². The number of pyridine rings is 1. The summed E-state index contributed by atoms with van der Waals surface area (Å²) in [5, 5.41) is 2.91. The van der Waals surface area contributed by atoms with Gasteiger partial charge < -0.3 is 10.2 Å². The lowest BCUT2D eigenvalue weighted by Gasteiger charge is -2.18. The zero-order valence-corrected chi connectivity index (χ0v) is 12.7. The van der Waals surface area contributed by atoms with E-state index in [1.54, 1.807) is 11.1 Å². The Balaban J connectivity index is 1.75. The highest BCUT2D eigenvalue weighted by Crippen LogP contribution is 2.19. The summed E-state index contributed by atoms with van der Waals surface area (Å²) in [6.07, 6.45) is 2.79. The minimum atomic E-state index is -0.208. The molecule has 0 spiro atoms. The first-order valence-corrected chi connectivity index (χ1v) is 7.51. The quantitative estimate of drug-likeness (QED) is 0.857. The fourth-order valence-corrected chi connectivity index (χ4v) is 2.57. The van der Waals surface area contributed by atoms with Gasteiger partial charge in [0, 0.05) is 44.4 Å². The zero-order valence-electron chi connectivity index (χ0n) is 12.7. The van der Waals surface area contributed by atoms with Gasteiger partial charge in [-0.05, 0) is 18.1 Å². The van der Waals surface area contributed by atoms with Crippen LogP contribution in [0.4, 0.5) is 0 Å². The van der Waals surface area contributed by atoms with E-state index in [-0.39, 0.29) is 17.7 Å². The molecule has 1 saturated heterocycles. The van der Waals surface area contributed by atoms with Crippen LogP contribution in [-0.4, -0.2) is 41.3 Å². The first-order valence-electron chi connectivity index (χ1n) is 7.51. The molecule has 0 aliphatic carbocycles. The van der Waals surface area contributed by atoms with Gasteiger partial charge >= 0.3 is 0 Å². The lowest BCUT2D eigenvalue weighted by molar-refractivity contribution is -0.129. The first-order chi connectivity index (χ1) is 10.1. The molecular formula is C16H23N3O2. The van der Waals surface area contributed by atoms with Crippen LogP contribution in [0.25, 0.3) is 0 Å². The van der Waals surface area contributed by atoms with E-state index in [1.807, 2.05) is 18.2 Å². The number of hydrogen-bond donors (Lipinski definition) is 1. The molecule has 0 aromatic carbocycles. The maximum atomic E-state index is 12.1. The number of amides is 2. The number of hydrogen-bond acceptors (Lipinski definition) is 3. The highest BCUT2D eigenvalue weighted by Gasteiger charge is 2.34. The maximum Gasteiger partial charge on any atom is 0.225 e. The summed E-state index contributed by atoms with van der Waals surface area (Å²) >= 11 is 0. The lowest BCUT2D eigenvalue weighted by Crippen LogP contribution is -2.35. The largest absolute Gasteiger partial charge is 0.355 e. The summed E-state index contributed by atoms with van der Waals surface area (Å²) in [5.74, 6) is 0.291. The molecule has 1 fully saturated rings. The lowest BCUT2D eigenvalue weighted by atomic mass is 10.1. The van der Waals surface area contributed by atoms with E-state index in [2.05, 4.69) is 24.1 Å². The van der Waals surface area contributed by atoms with Crippen molar-refractivity contribution < 1.29 is 9.59 Å². The van der Waals surface area contributed by atoms with E-state index in [4.69, 9.17) is 0 Å². The van der Waals surface area contributed by atoms with Crippen molar-refractivity contribution in [3.05, 3.63) is 30.1 Å². The van der Waals surface area contributed by atoms with E-state index in [0.717, 1.165) is 12.2 Å². The molecule has 0 radical (unpaired) electrons. The minimum Gasteiger partial charge on any atom is -0.355 e. The molecule has 21 heavy (non-hydrogen) atoms. The number of likely N-dealkylation sites (tertiary alicyclic amines) is 1. The summed E-state index contributed by atoms with van der Waals surface area (Å²) in [6.45, 7) is 5.99. The van der Waals surface area contributed by atoms with Crippen molar-refractivity contribution in [1.29, 1.82) is 0 Å². The molecule has 1 atom stereocenters. The van der Waals surface area contributed by atoms with Crippen LogP contribution < -0.4 is 5.32 Å². The van der Waals surface area contributed by atoms with Crippen LogP contribution in [-0.2, 0) is 16.0 Å². The van der Waals surface area contributed by atoms with Crippen LogP contribution in [0, 0.1) is 11.8 Å². The highest BCUT2D eigenvalue weighted by atomic mass is 16.2. The van der Waals surface area contributed by atoms with Crippen molar-refractivity contribution in [3.63, 3.8) is 0 Å². The topological polar surface area (TPSA) is 62.3 Å². The predicted molar refractivity (Wildman–Crippen MR) is 80.5 cm³/mol. The SMILES string of the molecule is CC(C)CN1C[C@H](C(=O)NCCc2ccccn2)CC1=O. The molecule has 2 heterocycles. The molecule has 2 rings (SSSR count). The van der Waals surface area contributed by atoms with Crippen molar-refractivity contribution >= 4 is 11.8 Å². The Kier molecular flexibility index (Phi) is 5.31. The Morgan fingerprint density at radius 1 is 1.48 bits per heavy atom. The summed E-state index contributed by atoms with van der Waals surface area (Å²) in [7, 11) is 0. The van der Waals surface area contributed by atoms with Gasteiger partial charge in [0.1, 0.15) is 0 Å². The van der Waals surface area contributed by atoms with Crippen molar-refractivity contribution in [2.45, 2.75) is 26.7 Å². The molecular weight excluding hydrogens is 266 g/mol. The van der Waals surface area contributed by atoms with Crippen LogP contribution in [0.3, 0.4) is 0 Å².